The van der Waals surface area contributed by atoms with Crippen LogP contribution < -0.4 is 0 Å². The van der Waals surface area contributed by atoms with Gasteiger partial charge >= 0.3 is 0 Å². The first-order chi connectivity index (χ1) is 6.20. The van der Waals surface area contributed by atoms with Gasteiger partial charge in [-0.3, -0.25) is 4.79 Å². The summed E-state index contributed by atoms with van der Waals surface area (Å²) in [7, 11) is -2.00. The Morgan fingerprint density at radius 1 is 1.77 bits per heavy atom. The lowest BCUT2D eigenvalue weighted by molar-refractivity contribution is 0.178. The highest BCUT2D eigenvalue weighted by atomic mass is 28.3. The second-order valence-corrected chi connectivity index (χ2v) is 7.89. The molecule has 74 valence electrons. The summed E-state index contributed by atoms with van der Waals surface area (Å²) in [5.74, 6) is 0. The van der Waals surface area contributed by atoms with E-state index in [1.54, 1.807) is 0 Å². The zero-order valence-electron chi connectivity index (χ0n) is 8.04. The Balaban J connectivity index is 2.25. The molecule has 1 aliphatic rings. The van der Waals surface area contributed by atoms with E-state index in [4.69, 9.17) is 8.85 Å². The van der Waals surface area contributed by atoms with Crippen LogP contribution in [0.5, 0.6) is 0 Å². The average Bonchev–Trinajstić information content (AvgIpc) is 2.15. The predicted molar refractivity (Wildman–Crippen MR) is 57.2 cm³/mol. The van der Waals surface area contributed by atoms with Crippen LogP contribution in [0.3, 0.4) is 0 Å². The topological polar surface area (TPSA) is 35.5 Å². The second-order valence-electron chi connectivity index (χ2n) is 3.42. The Bertz CT molecular complexity index is 200. The molecule has 3 nitrogen and oxygen atoms in total. The van der Waals surface area contributed by atoms with Gasteiger partial charge < -0.3 is 8.85 Å². The van der Waals surface area contributed by atoms with Crippen molar-refractivity contribution in [1.82, 2.24) is 0 Å². The summed E-state index contributed by atoms with van der Waals surface area (Å²) in [5, 5.41) is 0. The van der Waals surface area contributed by atoms with Gasteiger partial charge in [-0.1, -0.05) is 13.0 Å². The third-order valence-corrected chi connectivity index (χ3v) is 6.87. The number of ether oxygens (including phenoxy) is 1. The quantitative estimate of drug-likeness (QED) is 0.520. The molecule has 0 aromatic rings. The van der Waals surface area contributed by atoms with Crippen LogP contribution in [0.1, 0.15) is 13.3 Å². The maximum absolute atomic E-state index is 11.4. The average molecular weight is 216 g/mol. The lowest BCUT2D eigenvalue weighted by Crippen LogP contribution is -2.34. The van der Waals surface area contributed by atoms with E-state index in [1.807, 2.05) is 6.92 Å². The normalized spacial score (nSPS) is 24.2. The molecular weight excluding hydrogens is 200 g/mol. The minimum absolute atomic E-state index is 0.0739. The molecule has 0 radical (unpaired) electrons. The Morgan fingerprint density at radius 2 is 2.54 bits per heavy atom. The molecular formula is C8H16O3Si2. The van der Waals surface area contributed by atoms with Gasteiger partial charge in [-0.05, 0) is 24.6 Å². The Labute approximate surface area is 82.8 Å². The lowest BCUT2D eigenvalue weighted by Gasteiger charge is -2.19. The Hall–Kier alpha value is -0.396. The monoisotopic (exact) mass is 216 g/mol. The molecule has 0 aromatic heterocycles. The molecule has 5 heteroatoms. The summed E-state index contributed by atoms with van der Waals surface area (Å²) >= 11 is 0. The summed E-state index contributed by atoms with van der Waals surface area (Å²) in [5.41, 5.74) is 0.811. The largest absolute Gasteiger partial charge is 0.464 e. The van der Waals surface area contributed by atoms with E-state index >= 15 is 0 Å². The first-order valence-electron chi connectivity index (χ1n) is 4.63. The molecule has 1 heterocycles. The Kier molecular flexibility index (Phi) is 4.40. The van der Waals surface area contributed by atoms with Gasteiger partial charge in [0.1, 0.15) is 16.4 Å². The van der Waals surface area contributed by atoms with E-state index < -0.39 is 9.04 Å². The molecule has 1 unspecified atom stereocenters. The van der Waals surface area contributed by atoms with Gasteiger partial charge in [-0.25, -0.2) is 0 Å². The van der Waals surface area contributed by atoms with E-state index in [-0.39, 0.29) is 15.4 Å². The van der Waals surface area contributed by atoms with Crippen LogP contribution in [-0.4, -0.2) is 31.0 Å². The molecule has 0 bridgehead atoms. The highest BCUT2D eigenvalue weighted by molar-refractivity contribution is 6.86. The van der Waals surface area contributed by atoms with Gasteiger partial charge in [0.05, 0.1) is 0 Å². The van der Waals surface area contributed by atoms with Gasteiger partial charge in [0.15, 0.2) is 0 Å². The number of hydrogen-bond acceptors (Lipinski definition) is 3. The van der Waals surface area contributed by atoms with Crippen molar-refractivity contribution >= 4 is 24.4 Å². The van der Waals surface area contributed by atoms with E-state index in [1.165, 1.54) is 12.5 Å². The smallest absolute Gasteiger partial charge is 0.299 e. The van der Waals surface area contributed by atoms with E-state index in [9.17, 15) is 4.79 Å². The fourth-order valence-corrected chi connectivity index (χ4v) is 6.46. The van der Waals surface area contributed by atoms with Crippen LogP contribution in [0.15, 0.2) is 12.2 Å². The van der Waals surface area contributed by atoms with Crippen molar-refractivity contribution in [2.45, 2.75) is 25.4 Å². The van der Waals surface area contributed by atoms with Crippen LogP contribution in [0.4, 0.5) is 4.79 Å². The molecule has 1 atom stereocenters. The number of hydrogen-bond donors (Lipinski definition) is 0. The van der Waals surface area contributed by atoms with Gasteiger partial charge in [-0.2, -0.15) is 0 Å². The van der Waals surface area contributed by atoms with Crippen LogP contribution in [0.25, 0.3) is 0 Å². The molecule has 1 fully saturated rings. The number of rotatable bonds is 3. The fourth-order valence-electron chi connectivity index (χ4n) is 1.21. The molecule has 0 saturated carbocycles. The van der Waals surface area contributed by atoms with Gasteiger partial charge in [0.2, 0.25) is 0 Å². The summed E-state index contributed by atoms with van der Waals surface area (Å²) in [6.07, 6.45) is 1.17. The molecule has 0 N–H and O–H groups in total. The van der Waals surface area contributed by atoms with Crippen LogP contribution >= 0.6 is 0 Å². The lowest BCUT2D eigenvalue weighted by atomic mass is 10.4. The maximum atomic E-state index is 11.4. The molecule has 1 aliphatic heterocycles. The van der Waals surface area contributed by atoms with Crippen molar-refractivity contribution in [3.05, 3.63) is 12.2 Å². The summed E-state index contributed by atoms with van der Waals surface area (Å²) in [4.78, 5) is 11.4. The van der Waals surface area contributed by atoms with E-state index in [2.05, 4.69) is 6.58 Å². The van der Waals surface area contributed by atoms with Crippen molar-refractivity contribution in [1.29, 1.82) is 0 Å². The molecule has 1 rings (SSSR count). The number of carbonyl (C=O) groups is 1. The van der Waals surface area contributed by atoms with Crippen molar-refractivity contribution < 1.29 is 13.6 Å². The summed E-state index contributed by atoms with van der Waals surface area (Å²) in [6.45, 7) is 5.89. The molecule has 0 aromatic carbocycles. The molecule has 13 heavy (non-hydrogen) atoms. The first-order valence-corrected chi connectivity index (χ1v) is 8.07. The fraction of sp³-hybridized carbons (Fsp3) is 0.625. The Morgan fingerprint density at radius 3 is 3.08 bits per heavy atom. The zero-order valence-corrected chi connectivity index (χ0v) is 10.6. The standard InChI is InChI=1S/C8H16O3Si2/c1-7(2)6-10-8(9)13-5-3-4-12-11-13/h13H,1,3-6,12H2,2H3. The third-order valence-electron chi connectivity index (χ3n) is 1.90. The molecule has 0 aliphatic carbocycles. The highest BCUT2D eigenvalue weighted by Gasteiger charge is 2.25. The minimum atomic E-state index is -1.62. The number of carbonyl (C=O) groups excluding carboxylic acids is 1. The van der Waals surface area contributed by atoms with Crippen molar-refractivity contribution in [3.63, 3.8) is 0 Å². The van der Waals surface area contributed by atoms with Gasteiger partial charge in [0, 0.05) is 0 Å². The molecule has 1 saturated heterocycles. The SMILES string of the molecule is C=C(C)COC(=O)[SiH]1CCC[SiH2]O1. The first kappa shape index (κ1) is 10.7. The summed E-state index contributed by atoms with van der Waals surface area (Å²) < 4.78 is 10.6. The van der Waals surface area contributed by atoms with Crippen LogP contribution in [0, 0.1) is 0 Å². The zero-order chi connectivity index (χ0) is 9.68. The van der Waals surface area contributed by atoms with E-state index in [0.717, 1.165) is 11.6 Å². The van der Waals surface area contributed by atoms with Crippen molar-refractivity contribution in [2.24, 2.45) is 0 Å². The summed E-state index contributed by atoms with van der Waals surface area (Å²) in [6, 6.07) is 2.18. The van der Waals surface area contributed by atoms with E-state index in [0.29, 0.717) is 6.61 Å². The molecule has 0 spiro atoms. The predicted octanol–water partition coefficient (Wildman–Crippen LogP) is 0.927. The second kappa shape index (κ2) is 5.36. The van der Waals surface area contributed by atoms with Gasteiger partial charge in [0.25, 0.3) is 14.6 Å². The van der Waals surface area contributed by atoms with Crippen LogP contribution in [0.2, 0.25) is 12.1 Å². The highest BCUT2D eigenvalue weighted by Crippen LogP contribution is 2.12. The van der Waals surface area contributed by atoms with Crippen LogP contribution in [-0.2, 0) is 8.85 Å². The van der Waals surface area contributed by atoms with Crippen molar-refractivity contribution in [3.8, 4) is 0 Å². The van der Waals surface area contributed by atoms with Crippen molar-refractivity contribution in [2.75, 3.05) is 6.61 Å². The maximum Gasteiger partial charge on any atom is 0.299 e. The molecule has 0 amide bonds. The van der Waals surface area contributed by atoms with Gasteiger partial charge in [-0.15, -0.1) is 0 Å². The minimum Gasteiger partial charge on any atom is -0.464 e. The third kappa shape index (κ3) is 3.88.